The van der Waals surface area contributed by atoms with E-state index in [1.165, 1.54) is 16.4 Å². The van der Waals surface area contributed by atoms with Crippen LogP contribution in [0.15, 0.2) is 47.4 Å². The minimum atomic E-state index is -3.63. The van der Waals surface area contributed by atoms with Crippen LogP contribution >= 0.6 is 11.6 Å². The molecule has 0 bridgehead atoms. The first-order valence-corrected chi connectivity index (χ1v) is 10.5. The van der Waals surface area contributed by atoms with E-state index in [1.54, 1.807) is 24.3 Å². The molecule has 8 heteroatoms. The Morgan fingerprint density at radius 1 is 1.07 bits per heavy atom. The maximum absolute atomic E-state index is 12.9. The molecule has 1 heterocycles. The number of rotatable bonds is 4. The fourth-order valence-corrected chi connectivity index (χ4v) is 4.64. The normalized spacial score (nSPS) is 16.3. The molecule has 1 aliphatic heterocycles. The van der Waals surface area contributed by atoms with Gasteiger partial charge >= 0.3 is 0 Å². The third kappa shape index (κ3) is 4.50. The summed E-state index contributed by atoms with van der Waals surface area (Å²) in [6.07, 6.45) is 0. The zero-order valence-electron chi connectivity index (χ0n) is 15.3. The molecule has 27 heavy (non-hydrogen) atoms. The Kier molecular flexibility index (Phi) is 5.86. The van der Waals surface area contributed by atoms with Gasteiger partial charge in [-0.05, 0) is 49.9 Å². The lowest BCUT2D eigenvalue weighted by atomic mass is 10.2. The Hall–Kier alpha value is -1.93. The first-order valence-electron chi connectivity index (χ1n) is 8.63. The first kappa shape index (κ1) is 19.8. The van der Waals surface area contributed by atoms with E-state index < -0.39 is 15.9 Å². The van der Waals surface area contributed by atoms with Crippen molar-refractivity contribution in [2.45, 2.75) is 11.8 Å². The summed E-state index contributed by atoms with van der Waals surface area (Å²) in [7, 11) is -1.66. The molecule has 3 rings (SSSR count). The summed E-state index contributed by atoms with van der Waals surface area (Å²) in [5, 5.41) is 3.17. The number of benzene rings is 2. The molecule has 6 nitrogen and oxygen atoms in total. The van der Waals surface area contributed by atoms with Crippen molar-refractivity contribution in [1.29, 1.82) is 0 Å². The average molecular weight is 408 g/mol. The number of sulfonamides is 1. The lowest BCUT2D eigenvalue weighted by Crippen LogP contribution is -2.47. The van der Waals surface area contributed by atoms with Crippen LogP contribution in [0.5, 0.6) is 0 Å². The highest BCUT2D eigenvalue weighted by atomic mass is 35.5. The zero-order valence-corrected chi connectivity index (χ0v) is 16.8. The van der Waals surface area contributed by atoms with Crippen molar-refractivity contribution in [2.75, 3.05) is 38.5 Å². The van der Waals surface area contributed by atoms with E-state index in [9.17, 15) is 13.2 Å². The topological polar surface area (TPSA) is 69.7 Å². The van der Waals surface area contributed by atoms with Crippen LogP contribution in [-0.2, 0) is 10.0 Å². The zero-order chi connectivity index (χ0) is 19.6. The number of hydrogen-bond donors (Lipinski definition) is 1. The molecule has 0 atom stereocenters. The van der Waals surface area contributed by atoms with Crippen LogP contribution in [0.3, 0.4) is 0 Å². The molecule has 0 aromatic heterocycles. The SMILES string of the molecule is Cc1ccc(NC(=O)c2cccc(S(=O)(=O)N3CCN(C)CC3)c2)c(Cl)c1. The second-order valence-electron chi connectivity index (χ2n) is 6.67. The maximum atomic E-state index is 12.9. The van der Waals surface area contributed by atoms with Crippen LogP contribution in [0.25, 0.3) is 0 Å². The van der Waals surface area contributed by atoms with Gasteiger partial charge in [0.25, 0.3) is 5.91 Å². The highest BCUT2D eigenvalue weighted by Gasteiger charge is 2.28. The number of halogens is 1. The van der Waals surface area contributed by atoms with Gasteiger partial charge in [0, 0.05) is 31.7 Å². The number of aryl methyl sites for hydroxylation is 1. The number of nitrogens with one attached hydrogen (secondary N) is 1. The lowest BCUT2D eigenvalue weighted by molar-refractivity contribution is 0.102. The van der Waals surface area contributed by atoms with Crippen LogP contribution in [0, 0.1) is 6.92 Å². The van der Waals surface area contributed by atoms with Crippen molar-refractivity contribution in [1.82, 2.24) is 9.21 Å². The molecule has 0 unspecified atom stereocenters. The Labute approximate surface area is 164 Å². The van der Waals surface area contributed by atoms with Gasteiger partial charge in [0.15, 0.2) is 0 Å². The van der Waals surface area contributed by atoms with Gasteiger partial charge in [0.2, 0.25) is 10.0 Å². The largest absolute Gasteiger partial charge is 0.321 e. The number of amides is 1. The minimum absolute atomic E-state index is 0.120. The number of carbonyl (C=O) groups excluding carboxylic acids is 1. The van der Waals surface area contributed by atoms with Gasteiger partial charge in [-0.15, -0.1) is 0 Å². The monoisotopic (exact) mass is 407 g/mol. The quantitative estimate of drug-likeness (QED) is 0.846. The number of nitrogens with zero attached hydrogens (tertiary/aromatic N) is 2. The van der Waals surface area contributed by atoms with E-state index in [0.717, 1.165) is 5.56 Å². The van der Waals surface area contributed by atoms with Crippen molar-refractivity contribution < 1.29 is 13.2 Å². The second kappa shape index (κ2) is 7.98. The smallest absolute Gasteiger partial charge is 0.255 e. The van der Waals surface area contributed by atoms with Crippen LogP contribution in [0.4, 0.5) is 5.69 Å². The summed E-state index contributed by atoms with van der Waals surface area (Å²) < 4.78 is 27.2. The highest BCUT2D eigenvalue weighted by Crippen LogP contribution is 2.24. The van der Waals surface area contributed by atoms with E-state index >= 15 is 0 Å². The molecule has 0 aliphatic carbocycles. The van der Waals surface area contributed by atoms with Gasteiger partial charge in [0.1, 0.15) is 0 Å². The molecule has 0 radical (unpaired) electrons. The molecule has 0 spiro atoms. The van der Waals surface area contributed by atoms with Gasteiger partial charge in [0.05, 0.1) is 15.6 Å². The second-order valence-corrected chi connectivity index (χ2v) is 9.02. The van der Waals surface area contributed by atoms with Crippen molar-refractivity contribution in [3.05, 3.63) is 58.6 Å². The van der Waals surface area contributed by atoms with E-state index in [-0.39, 0.29) is 10.5 Å². The Morgan fingerprint density at radius 2 is 1.78 bits per heavy atom. The molecule has 1 saturated heterocycles. The molecule has 0 saturated carbocycles. The molecular formula is C19H22ClN3O3S. The Bertz CT molecular complexity index is 954. The van der Waals surface area contributed by atoms with E-state index in [2.05, 4.69) is 10.2 Å². The number of likely N-dealkylation sites (N-methyl/N-ethyl adjacent to an activating group) is 1. The molecule has 1 fully saturated rings. The molecule has 144 valence electrons. The van der Waals surface area contributed by atoms with Gasteiger partial charge in [-0.2, -0.15) is 4.31 Å². The van der Waals surface area contributed by atoms with Crippen LogP contribution in [0.2, 0.25) is 5.02 Å². The predicted molar refractivity (Wildman–Crippen MR) is 107 cm³/mol. The minimum Gasteiger partial charge on any atom is -0.321 e. The van der Waals surface area contributed by atoms with Crippen LogP contribution < -0.4 is 5.32 Å². The molecular weight excluding hydrogens is 386 g/mol. The summed E-state index contributed by atoms with van der Waals surface area (Å²) in [5.41, 5.74) is 1.74. The van der Waals surface area contributed by atoms with E-state index in [1.807, 2.05) is 20.0 Å². The number of carbonyl (C=O) groups is 1. The van der Waals surface area contributed by atoms with Crippen molar-refractivity contribution in [2.24, 2.45) is 0 Å². The lowest BCUT2D eigenvalue weighted by Gasteiger charge is -2.31. The fourth-order valence-electron chi connectivity index (χ4n) is 2.89. The number of hydrogen-bond acceptors (Lipinski definition) is 4. The van der Waals surface area contributed by atoms with Crippen LogP contribution in [0.1, 0.15) is 15.9 Å². The Balaban J connectivity index is 1.81. The van der Waals surface area contributed by atoms with Crippen LogP contribution in [-0.4, -0.2) is 56.8 Å². The summed E-state index contributed by atoms with van der Waals surface area (Å²) in [4.78, 5) is 14.8. The molecule has 2 aromatic rings. The van der Waals surface area contributed by atoms with Crippen molar-refractivity contribution >= 4 is 33.2 Å². The van der Waals surface area contributed by atoms with Gasteiger partial charge < -0.3 is 10.2 Å². The van der Waals surface area contributed by atoms with E-state index in [4.69, 9.17) is 11.6 Å². The predicted octanol–water partition coefficient (Wildman–Crippen LogP) is 2.84. The third-order valence-electron chi connectivity index (χ3n) is 4.57. The summed E-state index contributed by atoms with van der Waals surface area (Å²) in [6, 6.07) is 11.4. The van der Waals surface area contributed by atoms with Gasteiger partial charge in [-0.25, -0.2) is 8.42 Å². The third-order valence-corrected chi connectivity index (χ3v) is 6.78. The fraction of sp³-hybridized carbons (Fsp3) is 0.316. The summed E-state index contributed by atoms with van der Waals surface area (Å²) in [5.74, 6) is -0.406. The van der Waals surface area contributed by atoms with Gasteiger partial charge in [-0.1, -0.05) is 23.7 Å². The Morgan fingerprint density at radius 3 is 2.44 bits per heavy atom. The van der Waals surface area contributed by atoms with Crippen molar-refractivity contribution in [3.63, 3.8) is 0 Å². The average Bonchev–Trinajstić information content (AvgIpc) is 2.64. The maximum Gasteiger partial charge on any atom is 0.255 e. The molecule has 1 N–H and O–H groups in total. The summed E-state index contributed by atoms with van der Waals surface area (Å²) in [6.45, 7) is 4.16. The standard InChI is InChI=1S/C19H22ClN3O3S/c1-14-6-7-18(17(20)12-14)21-19(24)15-4-3-5-16(13-15)27(25,26)23-10-8-22(2)9-11-23/h3-7,12-13H,8-11H2,1-2H3,(H,21,24). The number of anilines is 1. The molecule has 1 aliphatic rings. The highest BCUT2D eigenvalue weighted by molar-refractivity contribution is 7.89. The molecule has 2 aromatic carbocycles. The number of piperazine rings is 1. The van der Waals surface area contributed by atoms with Gasteiger partial charge in [-0.3, -0.25) is 4.79 Å². The van der Waals surface area contributed by atoms with Crippen molar-refractivity contribution in [3.8, 4) is 0 Å². The first-order chi connectivity index (χ1) is 12.8. The summed E-state index contributed by atoms with van der Waals surface area (Å²) >= 11 is 6.16. The molecule has 1 amide bonds. The van der Waals surface area contributed by atoms with E-state index in [0.29, 0.717) is 36.9 Å².